The van der Waals surface area contributed by atoms with Crippen LogP contribution in [0.2, 0.25) is 0 Å². The minimum atomic E-state index is -0.359. The number of benzene rings is 1. The fraction of sp³-hybridized carbons (Fsp3) is 0.143. The van der Waals surface area contributed by atoms with Gasteiger partial charge in [0.25, 0.3) is 5.69 Å². The molecular formula is C7H12BNO4. The Morgan fingerprint density at radius 2 is 1.92 bits per heavy atom. The Balaban J connectivity index is 0. The molecule has 4 N–H and O–H groups in total. The van der Waals surface area contributed by atoms with Gasteiger partial charge < -0.3 is 11.0 Å². The number of nitro groups is 1. The van der Waals surface area contributed by atoms with Crippen LogP contribution in [0.4, 0.5) is 5.69 Å². The van der Waals surface area contributed by atoms with Crippen molar-refractivity contribution in [3.63, 3.8) is 0 Å². The average molecular weight is 185 g/mol. The first-order valence-corrected chi connectivity index (χ1v) is 3.33. The van der Waals surface area contributed by atoms with Crippen molar-refractivity contribution < 1.29 is 15.9 Å². The van der Waals surface area contributed by atoms with E-state index in [0.29, 0.717) is 5.56 Å². The first-order valence-electron chi connectivity index (χ1n) is 3.33. The zero-order chi connectivity index (χ0) is 8.43. The standard InChI is InChI=1S/C7H8BNO2.2H2O/c1-5-2-3-6(8)4-7(5)9(10)11;;/h2-4H,8H2,1H3;2*1H2. The summed E-state index contributed by atoms with van der Waals surface area (Å²) in [4.78, 5) is 10.0. The molecular weight excluding hydrogens is 173 g/mol. The van der Waals surface area contributed by atoms with Gasteiger partial charge in [-0.25, -0.2) is 0 Å². The number of hydrogen-bond donors (Lipinski definition) is 0. The SMILES string of the molecule is Bc1ccc(C)c([N+](=O)[O-])c1.O.O. The number of aryl methyl sites for hydroxylation is 1. The van der Waals surface area contributed by atoms with Gasteiger partial charge in [0.1, 0.15) is 7.85 Å². The maximum atomic E-state index is 10.4. The van der Waals surface area contributed by atoms with Crippen LogP contribution < -0.4 is 5.46 Å². The molecule has 0 saturated heterocycles. The monoisotopic (exact) mass is 185 g/mol. The highest BCUT2D eigenvalue weighted by atomic mass is 16.6. The quantitative estimate of drug-likeness (QED) is 0.302. The minimum Gasteiger partial charge on any atom is -0.412 e. The van der Waals surface area contributed by atoms with Gasteiger partial charge in [-0.15, -0.1) is 0 Å². The highest BCUT2D eigenvalue weighted by Crippen LogP contribution is 2.13. The van der Waals surface area contributed by atoms with E-state index in [1.54, 1.807) is 19.1 Å². The van der Waals surface area contributed by atoms with Gasteiger partial charge in [-0.05, 0) is 6.92 Å². The number of rotatable bonds is 1. The molecule has 0 spiro atoms. The topological polar surface area (TPSA) is 106 Å². The molecule has 6 heteroatoms. The van der Waals surface area contributed by atoms with E-state index in [9.17, 15) is 10.1 Å². The third-order valence-corrected chi connectivity index (χ3v) is 1.56. The third-order valence-electron chi connectivity index (χ3n) is 1.56. The molecule has 1 aromatic carbocycles. The van der Waals surface area contributed by atoms with Gasteiger partial charge in [-0.2, -0.15) is 0 Å². The molecule has 0 aliphatic rings. The molecule has 0 aliphatic heterocycles. The van der Waals surface area contributed by atoms with Crippen molar-refractivity contribution in [1.29, 1.82) is 0 Å². The van der Waals surface area contributed by atoms with Crippen molar-refractivity contribution in [2.45, 2.75) is 6.92 Å². The molecule has 1 rings (SSSR count). The molecule has 0 heterocycles. The fourth-order valence-electron chi connectivity index (χ4n) is 0.916. The molecule has 72 valence electrons. The van der Waals surface area contributed by atoms with Gasteiger partial charge in [0.15, 0.2) is 0 Å². The van der Waals surface area contributed by atoms with E-state index < -0.39 is 0 Å². The van der Waals surface area contributed by atoms with Crippen LogP contribution >= 0.6 is 0 Å². The maximum absolute atomic E-state index is 10.4. The highest BCUT2D eigenvalue weighted by molar-refractivity contribution is 6.32. The lowest BCUT2D eigenvalue weighted by molar-refractivity contribution is -0.385. The minimum absolute atomic E-state index is 0. The first kappa shape index (κ1) is 14.1. The Morgan fingerprint density at radius 3 is 2.31 bits per heavy atom. The molecule has 0 aliphatic carbocycles. The van der Waals surface area contributed by atoms with E-state index in [0.717, 1.165) is 5.46 Å². The number of nitrogens with zero attached hydrogens (tertiary/aromatic N) is 1. The second kappa shape index (κ2) is 5.29. The van der Waals surface area contributed by atoms with Gasteiger partial charge >= 0.3 is 0 Å². The van der Waals surface area contributed by atoms with E-state index in [-0.39, 0.29) is 21.6 Å². The van der Waals surface area contributed by atoms with Crippen LogP contribution in [0, 0.1) is 17.0 Å². The second-order valence-electron chi connectivity index (χ2n) is 2.55. The normalized spacial score (nSPS) is 8.08. The van der Waals surface area contributed by atoms with Crippen molar-refractivity contribution in [2.24, 2.45) is 0 Å². The lowest BCUT2D eigenvalue weighted by Crippen LogP contribution is -2.04. The molecule has 0 atom stereocenters. The largest absolute Gasteiger partial charge is 0.412 e. The number of nitro benzene ring substituents is 1. The Hall–Kier alpha value is -1.40. The van der Waals surface area contributed by atoms with E-state index in [2.05, 4.69) is 0 Å². The Kier molecular flexibility index (Phi) is 5.75. The molecule has 5 nitrogen and oxygen atoms in total. The second-order valence-corrected chi connectivity index (χ2v) is 2.55. The van der Waals surface area contributed by atoms with Crippen LogP contribution in [0.15, 0.2) is 18.2 Å². The highest BCUT2D eigenvalue weighted by Gasteiger charge is 2.08. The summed E-state index contributed by atoms with van der Waals surface area (Å²) in [6, 6.07) is 5.20. The Morgan fingerprint density at radius 1 is 1.38 bits per heavy atom. The van der Waals surface area contributed by atoms with Crippen molar-refractivity contribution in [1.82, 2.24) is 0 Å². The molecule has 1 aromatic rings. The summed E-state index contributed by atoms with van der Waals surface area (Å²) in [6.07, 6.45) is 0. The first-order chi connectivity index (χ1) is 5.11. The summed E-state index contributed by atoms with van der Waals surface area (Å²) in [5.74, 6) is 0. The molecule has 13 heavy (non-hydrogen) atoms. The van der Waals surface area contributed by atoms with Crippen molar-refractivity contribution in [2.75, 3.05) is 0 Å². The third kappa shape index (κ3) is 3.22. The predicted molar refractivity (Wildman–Crippen MR) is 53.2 cm³/mol. The van der Waals surface area contributed by atoms with Gasteiger partial charge in [0.2, 0.25) is 0 Å². The summed E-state index contributed by atoms with van der Waals surface area (Å²) in [7, 11) is 1.84. The summed E-state index contributed by atoms with van der Waals surface area (Å²) in [6.45, 7) is 1.73. The maximum Gasteiger partial charge on any atom is 0.271 e. The van der Waals surface area contributed by atoms with Gasteiger partial charge in [0.05, 0.1) is 4.92 Å². The molecule has 0 fully saturated rings. The van der Waals surface area contributed by atoms with Gasteiger partial charge in [0, 0.05) is 11.6 Å². The van der Waals surface area contributed by atoms with Crippen LogP contribution in [-0.4, -0.2) is 23.7 Å². The molecule has 0 unspecified atom stereocenters. The fourth-order valence-corrected chi connectivity index (χ4v) is 0.916. The van der Waals surface area contributed by atoms with E-state index >= 15 is 0 Å². The zero-order valence-electron chi connectivity index (χ0n) is 7.50. The molecule has 0 amide bonds. The average Bonchev–Trinajstić information content (AvgIpc) is 1.94. The van der Waals surface area contributed by atoms with Crippen molar-refractivity contribution >= 4 is 19.0 Å². The van der Waals surface area contributed by atoms with Crippen molar-refractivity contribution in [3.05, 3.63) is 33.9 Å². The predicted octanol–water partition coefficient (Wildman–Crippen LogP) is -1.49. The van der Waals surface area contributed by atoms with Crippen LogP contribution in [0.25, 0.3) is 0 Å². The zero-order valence-corrected chi connectivity index (χ0v) is 7.50. The lowest BCUT2D eigenvalue weighted by Gasteiger charge is -1.96. The van der Waals surface area contributed by atoms with Crippen LogP contribution in [-0.2, 0) is 0 Å². The van der Waals surface area contributed by atoms with E-state index in [1.807, 2.05) is 13.9 Å². The van der Waals surface area contributed by atoms with Crippen molar-refractivity contribution in [3.8, 4) is 0 Å². The van der Waals surface area contributed by atoms with Crippen LogP contribution in [0.5, 0.6) is 0 Å². The summed E-state index contributed by atoms with van der Waals surface area (Å²) in [5, 5.41) is 10.4. The van der Waals surface area contributed by atoms with Crippen LogP contribution in [0.1, 0.15) is 5.56 Å². The molecule has 0 saturated carbocycles. The Labute approximate surface area is 76.6 Å². The number of hydrogen-bond acceptors (Lipinski definition) is 2. The lowest BCUT2D eigenvalue weighted by atomic mass is 9.94. The van der Waals surface area contributed by atoms with E-state index in [4.69, 9.17) is 0 Å². The van der Waals surface area contributed by atoms with Gasteiger partial charge in [-0.1, -0.05) is 17.6 Å². The Bertz CT molecular complexity index is 303. The van der Waals surface area contributed by atoms with E-state index in [1.165, 1.54) is 0 Å². The molecule has 0 radical (unpaired) electrons. The molecule has 0 aromatic heterocycles. The molecule has 0 bridgehead atoms. The summed E-state index contributed by atoms with van der Waals surface area (Å²) >= 11 is 0. The van der Waals surface area contributed by atoms with Crippen LogP contribution in [0.3, 0.4) is 0 Å². The van der Waals surface area contributed by atoms with Gasteiger partial charge in [-0.3, -0.25) is 10.1 Å². The summed E-state index contributed by atoms with van der Waals surface area (Å²) in [5.41, 5.74) is 1.83. The smallest absolute Gasteiger partial charge is 0.271 e. The summed E-state index contributed by atoms with van der Waals surface area (Å²) < 4.78 is 0.